The summed E-state index contributed by atoms with van der Waals surface area (Å²) in [6.45, 7) is 6.93. The molecule has 1 rings (SSSR count). The third-order valence-corrected chi connectivity index (χ3v) is 1.44. The Morgan fingerprint density at radius 2 is 2.15 bits per heavy atom. The molecule has 3 nitrogen and oxygen atoms in total. The van der Waals surface area contributed by atoms with Gasteiger partial charge in [-0.3, -0.25) is 0 Å². The Morgan fingerprint density at radius 1 is 1.46 bits per heavy atom. The maximum absolute atomic E-state index is 5.66. The summed E-state index contributed by atoms with van der Waals surface area (Å²) in [5.74, 6) is 0.525. The van der Waals surface area contributed by atoms with E-state index >= 15 is 0 Å². The van der Waals surface area contributed by atoms with E-state index < -0.39 is 0 Å². The highest BCUT2D eigenvalue weighted by Crippen LogP contribution is 2.20. The van der Waals surface area contributed by atoms with E-state index in [2.05, 4.69) is 25.8 Å². The van der Waals surface area contributed by atoms with Crippen LogP contribution in [0, 0.1) is 5.41 Å². The maximum atomic E-state index is 5.66. The van der Waals surface area contributed by atoms with Crippen molar-refractivity contribution in [2.24, 2.45) is 5.41 Å². The summed E-state index contributed by atoms with van der Waals surface area (Å²) in [4.78, 5) is 4.03. The molecule has 0 aromatic carbocycles. The molecule has 1 aromatic heterocycles. The van der Waals surface area contributed by atoms with E-state index in [9.17, 15) is 0 Å². The van der Waals surface area contributed by atoms with Gasteiger partial charge in [0.1, 0.15) is 0 Å². The second-order valence-electron chi connectivity index (χ2n) is 4.25. The smallest absolute Gasteiger partial charge is 0.237 e. The lowest BCUT2D eigenvalue weighted by Gasteiger charge is -2.18. The zero-order valence-corrected chi connectivity index (χ0v) is 8.37. The molecule has 72 valence electrons. The van der Waals surface area contributed by atoms with Crippen LogP contribution < -0.4 is 10.5 Å². The monoisotopic (exact) mass is 180 g/mol. The van der Waals surface area contributed by atoms with Crippen LogP contribution in [0.25, 0.3) is 0 Å². The average molecular weight is 180 g/mol. The van der Waals surface area contributed by atoms with E-state index in [1.807, 2.05) is 0 Å². The third-order valence-electron chi connectivity index (χ3n) is 1.44. The molecule has 0 radical (unpaired) electrons. The number of nitrogen functional groups attached to an aromatic ring is 1. The minimum atomic E-state index is 0.129. The second kappa shape index (κ2) is 3.64. The van der Waals surface area contributed by atoms with Gasteiger partial charge in [0.05, 0.1) is 12.3 Å². The number of hydrogen-bond acceptors (Lipinski definition) is 3. The Bertz CT molecular complexity index is 278. The van der Waals surface area contributed by atoms with E-state index in [0.29, 0.717) is 18.2 Å². The van der Waals surface area contributed by atoms with Crippen molar-refractivity contribution < 1.29 is 4.74 Å². The van der Waals surface area contributed by atoms with Crippen LogP contribution in [0.15, 0.2) is 18.3 Å². The van der Waals surface area contributed by atoms with Gasteiger partial charge >= 0.3 is 0 Å². The number of nitrogens with zero attached hydrogens (tertiary/aromatic N) is 1. The van der Waals surface area contributed by atoms with E-state index in [1.54, 1.807) is 18.3 Å². The van der Waals surface area contributed by atoms with Crippen molar-refractivity contribution in [2.45, 2.75) is 20.8 Å². The van der Waals surface area contributed by atoms with Crippen LogP contribution in [-0.4, -0.2) is 11.6 Å². The van der Waals surface area contributed by atoms with Gasteiger partial charge < -0.3 is 10.5 Å². The van der Waals surface area contributed by atoms with Gasteiger partial charge in [0, 0.05) is 6.20 Å². The SMILES string of the molecule is CC(C)(C)COc1ncccc1N. The fourth-order valence-corrected chi connectivity index (χ4v) is 0.809. The van der Waals surface area contributed by atoms with Crippen molar-refractivity contribution >= 4 is 5.69 Å². The Morgan fingerprint density at radius 3 is 2.69 bits per heavy atom. The summed E-state index contributed by atoms with van der Waals surface area (Å²) in [6.07, 6.45) is 1.67. The van der Waals surface area contributed by atoms with E-state index in [0.717, 1.165) is 0 Å². The van der Waals surface area contributed by atoms with Crippen LogP contribution in [0.4, 0.5) is 5.69 Å². The van der Waals surface area contributed by atoms with Crippen LogP contribution in [0.3, 0.4) is 0 Å². The van der Waals surface area contributed by atoms with Crippen LogP contribution >= 0.6 is 0 Å². The number of aromatic nitrogens is 1. The molecular weight excluding hydrogens is 164 g/mol. The summed E-state index contributed by atoms with van der Waals surface area (Å²) < 4.78 is 5.47. The molecule has 0 spiro atoms. The largest absolute Gasteiger partial charge is 0.476 e. The van der Waals surface area contributed by atoms with Gasteiger partial charge in [-0.1, -0.05) is 20.8 Å². The molecule has 0 saturated heterocycles. The number of pyridine rings is 1. The second-order valence-corrected chi connectivity index (χ2v) is 4.25. The molecule has 0 saturated carbocycles. The third kappa shape index (κ3) is 3.32. The van der Waals surface area contributed by atoms with Gasteiger partial charge in [-0.15, -0.1) is 0 Å². The van der Waals surface area contributed by atoms with Crippen molar-refractivity contribution in [3.63, 3.8) is 0 Å². The number of nitrogens with two attached hydrogens (primary N) is 1. The van der Waals surface area contributed by atoms with Crippen molar-refractivity contribution in [3.05, 3.63) is 18.3 Å². The Labute approximate surface area is 78.9 Å². The molecule has 0 aliphatic heterocycles. The van der Waals surface area contributed by atoms with E-state index in [-0.39, 0.29) is 5.41 Å². The molecule has 0 atom stereocenters. The van der Waals surface area contributed by atoms with Gasteiger partial charge in [-0.25, -0.2) is 4.98 Å². The number of rotatable bonds is 2. The lowest BCUT2D eigenvalue weighted by molar-refractivity contribution is 0.192. The molecule has 0 aliphatic rings. The van der Waals surface area contributed by atoms with Crippen LogP contribution in [0.1, 0.15) is 20.8 Å². The van der Waals surface area contributed by atoms with Crippen LogP contribution in [0.2, 0.25) is 0 Å². The van der Waals surface area contributed by atoms with E-state index in [1.165, 1.54) is 0 Å². The zero-order chi connectivity index (χ0) is 9.90. The zero-order valence-electron chi connectivity index (χ0n) is 8.37. The predicted octanol–water partition coefficient (Wildman–Crippen LogP) is 2.09. The molecule has 0 fully saturated rings. The molecule has 13 heavy (non-hydrogen) atoms. The number of hydrogen-bond donors (Lipinski definition) is 1. The molecule has 0 bridgehead atoms. The fraction of sp³-hybridized carbons (Fsp3) is 0.500. The Hall–Kier alpha value is -1.25. The van der Waals surface area contributed by atoms with Gasteiger partial charge in [-0.2, -0.15) is 0 Å². The minimum absolute atomic E-state index is 0.129. The van der Waals surface area contributed by atoms with Gasteiger partial charge in [0.2, 0.25) is 5.88 Å². The molecule has 3 heteroatoms. The van der Waals surface area contributed by atoms with Crippen molar-refractivity contribution in [2.75, 3.05) is 12.3 Å². The van der Waals surface area contributed by atoms with Crippen LogP contribution in [-0.2, 0) is 0 Å². The van der Waals surface area contributed by atoms with Crippen molar-refractivity contribution in [1.29, 1.82) is 0 Å². The van der Waals surface area contributed by atoms with Gasteiger partial charge in [0.25, 0.3) is 0 Å². The fourth-order valence-electron chi connectivity index (χ4n) is 0.809. The molecule has 0 amide bonds. The molecule has 1 aromatic rings. The summed E-state index contributed by atoms with van der Waals surface area (Å²) >= 11 is 0. The Balaban J connectivity index is 2.60. The van der Waals surface area contributed by atoms with Gasteiger partial charge in [0.15, 0.2) is 0 Å². The molecule has 2 N–H and O–H groups in total. The van der Waals surface area contributed by atoms with Crippen LogP contribution in [0.5, 0.6) is 5.88 Å². The highest BCUT2D eigenvalue weighted by atomic mass is 16.5. The molecule has 0 unspecified atom stereocenters. The number of anilines is 1. The first-order chi connectivity index (χ1) is 5.99. The summed E-state index contributed by atoms with van der Waals surface area (Å²) in [5.41, 5.74) is 6.38. The first-order valence-electron chi connectivity index (χ1n) is 4.32. The maximum Gasteiger partial charge on any atom is 0.237 e. The summed E-state index contributed by atoms with van der Waals surface area (Å²) in [7, 11) is 0. The van der Waals surface area contributed by atoms with Crippen molar-refractivity contribution in [3.8, 4) is 5.88 Å². The highest BCUT2D eigenvalue weighted by Gasteiger charge is 2.12. The first-order valence-corrected chi connectivity index (χ1v) is 4.32. The summed E-state index contributed by atoms with van der Waals surface area (Å²) in [5, 5.41) is 0. The minimum Gasteiger partial charge on any atom is -0.476 e. The van der Waals surface area contributed by atoms with E-state index in [4.69, 9.17) is 10.5 Å². The lowest BCUT2D eigenvalue weighted by Crippen LogP contribution is -2.17. The Kier molecular flexibility index (Phi) is 2.76. The first kappa shape index (κ1) is 9.84. The highest BCUT2D eigenvalue weighted by molar-refractivity contribution is 5.46. The molecular formula is C10H16N2O. The van der Waals surface area contributed by atoms with Gasteiger partial charge in [-0.05, 0) is 17.5 Å². The lowest BCUT2D eigenvalue weighted by atomic mass is 9.99. The molecule has 0 aliphatic carbocycles. The predicted molar refractivity (Wildman–Crippen MR) is 53.6 cm³/mol. The standard InChI is InChI=1S/C10H16N2O/c1-10(2,3)7-13-9-8(11)5-4-6-12-9/h4-6H,7,11H2,1-3H3. The average Bonchev–Trinajstić information content (AvgIpc) is 2.01. The summed E-state index contributed by atoms with van der Waals surface area (Å²) in [6, 6.07) is 3.57. The van der Waals surface area contributed by atoms with Crippen molar-refractivity contribution in [1.82, 2.24) is 4.98 Å². The normalized spacial score (nSPS) is 11.3. The molecule has 1 heterocycles. The quantitative estimate of drug-likeness (QED) is 0.758. The number of ether oxygens (including phenoxy) is 1. The topological polar surface area (TPSA) is 48.1 Å².